The number of para-hydroxylation sites is 1. The van der Waals surface area contributed by atoms with Crippen LogP contribution in [0.25, 0.3) is 0 Å². The number of benzene rings is 1. The Balaban J connectivity index is 2.19. The number of hydrogen-bond donors (Lipinski definition) is 3. The molecule has 5 nitrogen and oxygen atoms in total. The highest BCUT2D eigenvalue weighted by Gasteiger charge is 2.08. The molecule has 0 fully saturated rings. The average Bonchev–Trinajstić information content (AvgIpc) is 2.41. The summed E-state index contributed by atoms with van der Waals surface area (Å²) in [6, 6.07) is 4.62. The average molecular weight is 333 g/mol. The van der Waals surface area contributed by atoms with Crippen LogP contribution in [0.15, 0.2) is 18.2 Å². The van der Waals surface area contributed by atoms with Crippen LogP contribution in [0.5, 0.6) is 0 Å². The number of carboxylic acid groups (broad SMARTS) is 1. The standard InChI is InChI=1S/C14H18Cl2N2O3/c15-10-6-5-7-11(16)13(10)18-14(21)17-9-4-2-1-3-8-12(19)20/h5-7H,1-4,8-9H2,(H,19,20)(H2,17,18,21). The van der Waals surface area contributed by atoms with Gasteiger partial charge in [-0.1, -0.05) is 42.1 Å². The van der Waals surface area contributed by atoms with Gasteiger partial charge >= 0.3 is 12.0 Å². The van der Waals surface area contributed by atoms with Crippen LogP contribution in [-0.4, -0.2) is 23.7 Å². The van der Waals surface area contributed by atoms with Gasteiger partial charge in [0.15, 0.2) is 0 Å². The van der Waals surface area contributed by atoms with Crippen LogP contribution in [0.2, 0.25) is 10.0 Å². The highest BCUT2D eigenvalue weighted by molar-refractivity contribution is 6.39. The molecule has 0 aromatic heterocycles. The van der Waals surface area contributed by atoms with E-state index < -0.39 is 5.97 Å². The van der Waals surface area contributed by atoms with Gasteiger partial charge in [0.25, 0.3) is 0 Å². The number of rotatable bonds is 8. The fraction of sp³-hybridized carbons (Fsp3) is 0.429. The molecule has 1 aromatic rings. The summed E-state index contributed by atoms with van der Waals surface area (Å²) in [4.78, 5) is 22.0. The molecule has 116 valence electrons. The fourth-order valence-electron chi connectivity index (χ4n) is 1.73. The van der Waals surface area contributed by atoms with Gasteiger partial charge in [0.2, 0.25) is 0 Å². The Hall–Kier alpha value is -1.46. The zero-order valence-corrected chi connectivity index (χ0v) is 13.0. The molecule has 0 spiro atoms. The van der Waals surface area contributed by atoms with Gasteiger partial charge in [0.1, 0.15) is 0 Å². The topological polar surface area (TPSA) is 78.4 Å². The SMILES string of the molecule is O=C(O)CCCCCCNC(=O)Nc1c(Cl)cccc1Cl. The maximum Gasteiger partial charge on any atom is 0.319 e. The molecular weight excluding hydrogens is 315 g/mol. The number of hydrogen-bond acceptors (Lipinski definition) is 2. The summed E-state index contributed by atoms with van der Waals surface area (Å²) in [6.07, 6.45) is 3.37. The Morgan fingerprint density at radius 3 is 2.29 bits per heavy atom. The second-order valence-electron chi connectivity index (χ2n) is 4.54. The summed E-state index contributed by atoms with van der Waals surface area (Å²) in [7, 11) is 0. The number of carbonyl (C=O) groups is 2. The molecule has 21 heavy (non-hydrogen) atoms. The van der Waals surface area contributed by atoms with Gasteiger partial charge < -0.3 is 15.7 Å². The largest absolute Gasteiger partial charge is 0.481 e. The summed E-state index contributed by atoms with van der Waals surface area (Å²) >= 11 is 11.9. The van der Waals surface area contributed by atoms with Crippen molar-refractivity contribution >= 4 is 40.9 Å². The van der Waals surface area contributed by atoms with Crippen LogP contribution in [0.4, 0.5) is 10.5 Å². The molecular formula is C14H18Cl2N2O3. The molecule has 0 unspecified atom stereocenters. The van der Waals surface area contributed by atoms with E-state index in [-0.39, 0.29) is 12.5 Å². The minimum Gasteiger partial charge on any atom is -0.481 e. The molecule has 0 radical (unpaired) electrons. The first-order chi connectivity index (χ1) is 10.0. The highest BCUT2D eigenvalue weighted by Crippen LogP contribution is 2.29. The highest BCUT2D eigenvalue weighted by atomic mass is 35.5. The van der Waals surface area contributed by atoms with Gasteiger partial charge in [-0.25, -0.2) is 4.79 Å². The van der Waals surface area contributed by atoms with Crippen LogP contribution < -0.4 is 10.6 Å². The van der Waals surface area contributed by atoms with Gasteiger partial charge in [-0.2, -0.15) is 0 Å². The number of aliphatic carboxylic acids is 1. The molecule has 0 saturated carbocycles. The lowest BCUT2D eigenvalue weighted by Crippen LogP contribution is -2.29. The predicted octanol–water partition coefficient (Wildman–Crippen LogP) is 4.15. The van der Waals surface area contributed by atoms with Crippen molar-refractivity contribution < 1.29 is 14.7 Å². The molecule has 0 aliphatic carbocycles. The molecule has 0 saturated heterocycles. The van der Waals surface area contributed by atoms with Crippen LogP contribution >= 0.6 is 23.2 Å². The van der Waals surface area contributed by atoms with Crippen LogP contribution in [0.3, 0.4) is 0 Å². The second kappa shape index (κ2) is 9.47. The third kappa shape index (κ3) is 7.20. The quantitative estimate of drug-likeness (QED) is 0.625. The lowest BCUT2D eigenvalue weighted by Gasteiger charge is -2.10. The first-order valence-electron chi connectivity index (χ1n) is 6.71. The monoisotopic (exact) mass is 332 g/mol. The summed E-state index contributed by atoms with van der Waals surface area (Å²) in [6.45, 7) is 0.515. The third-order valence-electron chi connectivity index (χ3n) is 2.80. The third-order valence-corrected chi connectivity index (χ3v) is 3.43. The molecule has 2 amide bonds. The van der Waals surface area contributed by atoms with E-state index >= 15 is 0 Å². The van der Waals surface area contributed by atoms with Gasteiger partial charge in [-0.15, -0.1) is 0 Å². The first kappa shape index (κ1) is 17.6. The van der Waals surface area contributed by atoms with Crippen molar-refractivity contribution in [2.75, 3.05) is 11.9 Å². The van der Waals surface area contributed by atoms with Crippen molar-refractivity contribution in [2.24, 2.45) is 0 Å². The van der Waals surface area contributed by atoms with Crippen molar-refractivity contribution in [1.29, 1.82) is 0 Å². The van der Waals surface area contributed by atoms with E-state index in [9.17, 15) is 9.59 Å². The van der Waals surface area contributed by atoms with Gasteiger partial charge in [0, 0.05) is 13.0 Å². The Labute approximate surface area is 133 Å². The van der Waals surface area contributed by atoms with E-state index in [1.54, 1.807) is 18.2 Å². The van der Waals surface area contributed by atoms with Crippen molar-refractivity contribution in [3.05, 3.63) is 28.2 Å². The summed E-state index contributed by atoms with van der Waals surface area (Å²) in [5.74, 6) is -0.774. The molecule has 1 aromatic carbocycles. The van der Waals surface area contributed by atoms with E-state index in [1.807, 2.05) is 0 Å². The normalized spacial score (nSPS) is 10.2. The fourth-order valence-corrected chi connectivity index (χ4v) is 2.22. The Bertz CT molecular complexity index is 475. The number of carboxylic acids is 1. The van der Waals surface area contributed by atoms with E-state index in [2.05, 4.69) is 10.6 Å². The molecule has 0 aliphatic rings. The number of nitrogens with one attached hydrogen (secondary N) is 2. The van der Waals surface area contributed by atoms with Gasteiger partial charge in [-0.3, -0.25) is 4.79 Å². The number of carbonyl (C=O) groups excluding carboxylic acids is 1. The Morgan fingerprint density at radius 1 is 1.05 bits per heavy atom. The van der Waals surface area contributed by atoms with Gasteiger partial charge in [0.05, 0.1) is 15.7 Å². The van der Waals surface area contributed by atoms with Crippen molar-refractivity contribution in [2.45, 2.75) is 32.1 Å². The summed E-state index contributed by atoms with van der Waals surface area (Å²) < 4.78 is 0. The zero-order chi connectivity index (χ0) is 15.7. The Morgan fingerprint density at radius 2 is 1.67 bits per heavy atom. The molecule has 0 heterocycles. The van der Waals surface area contributed by atoms with Crippen LogP contribution in [-0.2, 0) is 4.79 Å². The maximum absolute atomic E-state index is 11.7. The number of halogens is 2. The first-order valence-corrected chi connectivity index (χ1v) is 7.47. The number of unbranched alkanes of at least 4 members (excludes halogenated alkanes) is 3. The number of anilines is 1. The Kier molecular flexibility index (Phi) is 7.93. The van der Waals surface area contributed by atoms with E-state index in [0.29, 0.717) is 28.7 Å². The molecule has 1 rings (SSSR count). The van der Waals surface area contributed by atoms with E-state index in [4.69, 9.17) is 28.3 Å². The van der Waals surface area contributed by atoms with Crippen LogP contribution in [0, 0.1) is 0 Å². The molecule has 0 aliphatic heterocycles. The van der Waals surface area contributed by atoms with Crippen LogP contribution in [0.1, 0.15) is 32.1 Å². The lowest BCUT2D eigenvalue weighted by molar-refractivity contribution is -0.137. The minimum absolute atomic E-state index is 0.193. The second-order valence-corrected chi connectivity index (χ2v) is 5.35. The molecule has 0 bridgehead atoms. The minimum atomic E-state index is -0.774. The van der Waals surface area contributed by atoms with E-state index in [1.165, 1.54) is 0 Å². The molecule has 3 N–H and O–H groups in total. The predicted molar refractivity (Wildman–Crippen MR) is 84.2 cm³/mol. The van der Waals surface area contributed by atoms with E-state index in [0.717, 1.165) is 19.3 Å². The zero-order valence-electron chi connectivity index (χ0n) is 11.5. The summed E-state index contributed by atoms with van der Waals surface area (Å²) in [5.41, 5.74) is 0.389. The maximum atomic E-state index is 11.7. The van der Waals surface area contributed by atoms with Gasteiger partial charge in [-0.05, 0) is 25.0 Å². The number of amides is 2. The molecule has 0 atom stereocenters. The van der Waals surface area contributed by atoms with Crippen molar-refractivity contribution in [1.82, 2.24) is 5.32 Å². The van der Waals surface area contributed by atoms with Crippen molar-refractivity contribution in [3.63, 3.8) is 0 Å². The summed E-state index contributed by atoms with van der Waals surface area (Å²) in [5, 5.41) is 14.6. The lowest BCUT2D eigenvalue weighted by atomic mass is 10.1. The van der Waals surface area contributed by atoms with Crippen molar-refractivity contribution in [3.8, 4) is 0 Å². The number of urea groups is 1. The smallest absolute Gasteiger partial charge is 0.319 e. The molecule has 7 heteroatoms.